The first-order valence-corrected chi connectivity index (χ1v) is 6.25. The van der Waals surface area contributed by atoms with E-state index in [1.54, 1.807) is 39.4 Å². The maximum absolute atomic E-state index is 11.5. The summed E-state index contributed by atoms with van der Waals surface area (Å²) in [6.07, 6.45) is 1.63. The molecule has 0 radical (unpaired) electrons. The zero-order valence-electron chi connectivity index (χ0n) is 10.7. The fourth-order valence-corrected chi connectivity index (χ4v) is 2.28. The number of carbonyl (C=O) groups excluding carboxylic acids is 1. The largest absolute Gasteiger partial charge is 0.493 e. The lowest BCUT2D eigenvalue weighted by atomic mass is 10.1. The summed E-state index contributed by atoms with van der Waals surface area (Å²) in [5.41, 5.74) is 1.01. The standard InChI is InChI=1S/C13H12BrNO4/c1-7-15-9(13(16)19-7)6-8-4-5-10(17-2)12(18-3)11(8)14/h4-6H,1-3H3/b9-6-. The predicted molar refractivity (Wildman–Crippen MR) is 74.4 cm³/mol. The third-order valence-electron chi connectivity index (χ3n) is 2.53. The van der Waals surface area contributed by atoms with Crippen molar-refractivity contribution in [3.05, 3.63) is 27.9 Å². The van der Waals surface area contributed by atoms with Gasteiger partial charge in [-0.1, -0.05) is 0 Å². The van der Waals surface area contributed by atoms with Gasteiger partial charge in [0, 0.05) is 6.92 Å². The number of esters is 1. The van der Waals surface area contributed by atoms with E-state index < -0.39 is 5.97 Å². The first-order valence-electron chi connectivity index (χ1n) is 5.46. The van der Waals surface area contributed by atoms with Gasteiger partial charge in [-0.25, -0.2) is 9.79 Å². The summed E-state index contributed by atoms with van der Waals surface area (Å²) >= 11 is 3.43. The lowest BCUT2D eigenvalue weighted by molar-refractivity contribution is -0.130. The number of halogens is 1. The molecular weight excluding hydrogens is 314 g/mol. The normalized spacial score (nSPS) is 16.3. The first-order chi connectivity index (χ1) is 9.06. The van der Waals surface area contributed by atoms with Crippen LogP contribution in [0.3, 0.4) is 0 Å². The molecule has 1 aliphatic heterocycles. The molecule has 1 heterocycles. The summed E-state index contributed by atoms with van der Waals surface area (Å²) in [5, 5.41) is 0. The molecule has 100 valence electrons. The molecule has 0 saturated heterocycles. The number of ether oxygens (including phenoxy) is 3. The minimum Gasteiger partial charge on any atom is -0.493 e. The van der Waals surface area contributed by atoms with Crippen LogP contribution in [-0.4, -0.2) is 26.1 Å². The fraction of sp³-hybridized carbons (Fsp3) is 0.231. The van der Waals surface area contributed by atoms with E-state index in [1.807, 2.05) is 0 Å². The Labute approximate surface area is 119 Å². The van der Waals surface area contributed by atoms with Crippen molar-refractivity contribution in [2.75, 3.05) is 14.2 Å². The lowest BCUT2D eigenvalue weighted by Gasteiger charge is -2.11. The van der Waals surface area contributed by atoms with Gasteiger partial charge in [-0.15, -0.1) is 0 Å². The van der Waals surface area contributed by atoms with E-state index in [1.165, 1.54) is 0 Å². The number of aliphatic imine (C=N–C) groups is 1. The van der Waals surface area contributed by atoms with E-state index in [0.29, 0.717) is 21.9 Å². The van der Waals surface area contributed by atoms with Crippen LogP contribution in [0.4, 0.5) is 0 Å². The van der Waals surface area contributed by atoms with Crippen LogP contribution in [0.2, 0.25) is 0 Å². The third kappa shape index (κ3) is 2.63. The maximum atomic E-state index is 11.5. The molecule has 0 bridgehead atoms. The van der Waals surface area contributed by atoms with Crippen molar-refractivity contribution in [1.82, 2.24) is 0 Å². The van der Waals surface area contributed by atoms with E-state index >= 15 is 0 Å². The van der Waals surface area contributed by atoms with Crippen molar-refractivity contribution in [2.45, 2.75) is 6.92 Å². The number of hydrogen-bond donors (Lipinski definition) is 0. The molecule has 0 aliphatic carbocycles. The van der Waals surface area contributed by atoms with Crippen molar-refractivity contribution in [3.63, 3.8) is 0 Å². The molecule has 0 fully saturated rings. The monoisotopic (exact) mass is 325 g/mol. The first kappa shape index (κ1) is 13.6. The number of cyclic esters (lactones) is 1. The number of carbonyl (C=O) groups is 1. The quantitative estimate of drug-likeness (QED) is 0.633. The topological polar surface area (TPSA) is 57.1 Å². The summed E-state index contributed by atoms with van der Waals surface area (Å²) in [5.74, 6) is 1.04. The second-order valence-corrected chi connectivity index (χ2v) is 4.55. The van der Waals surface area contributed by atoms with Crippen LogP contribution in [0.1, 0.15) is 12.5 Å². The zero-order valence-corrected chi connectivity index (χ0v) is 12.3. The Morgan fingerprint density at radius 1 is 1.32 bits per heavy atom. The minimum atomic E-state index is -0.459. The van der Waals surface area contributed by atoms with Crippen molar-refractivity contribution in [1.29, 1.82) is 0 Å². The van der Waals surface area contributed by atoms with Gasteiger partial charge in [-0.3, -0.25) is 0 Å². The highest BCUT2D eigenvalue weighted by molar-refractivity contribution is 9.10. The van der Waals surface area contributed by atoms with Crippen LogP contribution in [0.25, 0.3) is 6.08 Å². The predicted octanol–water partition coefficient (Wildman–Crippen LogP) is 2.78. The second-order valence-electron chi connectivity index (χ2n) is 3.75. The van der Waals surface area contributed by atoms with Gasteiger partial charge < -0.3 is 14.2 Å². The minimum absolute atomic E-state index is 0.255. The molecule has 2 rings (SSSR count). The molecule has 6 heteroatoms. The number of nitrogens with zero attached hydrogens (tertiary/aromatic N) is 1. The highest BCUT2D eigenvalue weighted by Crippen LogP contribution is 2.38. The second kappa shape index (κ2) is 5.44. The summed E-state index contributed by atoms with van der Waals surface area (Å²) in [4.78, 5) is 15.5. The number of hydrogen-bond acceptors (Lipinski definition) is 5. The number of benzene rings is 1. The van der Waals surface area contributed by atoms with Crippen LogP contribution in [-0.2, 0) is 9.53 Å². The Morgan fingerprint density at radius 2 is 2.05 bits per heavy atom. The molecule has 0 atom stereocenters. The summed E-state index contributed by atoms with van der Waals surface area (Å²) in [7, 11) is 3.11. The molecule has 19 heavy (non-hydrogen) atoms. The molecule has 1 aromatic carbocycles. The van der Waals surface area contributed by atoms with E-state index in [0.717, 1.165) is 5.56 Å². The van der Waals surface area contributed by atoms with E-state index in [4.69, 9.17) is 14.2 Å². The third-order valence-corrected chi connectivity index (χ3v) is 3.35. The SMILES string of the molecule is COc1ccc(/C=C2\N=C(C)OC2=O)c(Br)c1OC. The molecule has 0 spiro atoms. The molecule has 0 unspecified atom stereocenters. The highest BCUT2D eigenvalue weighted by atomic mass is 79.9. The van der Waals surface area contributed by atoms with Gasteiger partial charge in [0.15, 0.2) is 23.1 Å². The van der Waals surface area contributed by atoms with Gasteiger partial charge in [0.05, 0.1) is 18.7 Å². The van der Waals surface area contributed by atoms with E-state index in [9.17, 15) is 4.79 Å². The van der Waals surface area contributed by atoms with Crippen LogP contribution in [0, 0.1) is 0 Å². The van der Waals surface area contributed by atoms with Crippen molar-refractivity contribution < 1.29 is 19.0 Å². The van der Waals surface area contributed by atoms with Crippen LogP contribution in [0.5, 0.6) is 11.5 Å². The lowest BCUT2D eigenvalue weighted by Crippen LogP contribution is -2.00. The van der Waals surface area contributed by atoms with Gasteiger partial charge in [-0.2, -0.15) is 0 Å². The fourth-order valence-electron chi connectivity index (χ4n) is 1.68. The van der Waals surface area contributed by atoms with Gasteiger partial charge >= 0.3 is 5.97 Å². The molecule has 0 aromatic heterocycles. The van der Waals surface area contributed by atoms with E-state index in [2.05, 4.69) is 20.9 Å². The molecule has 5 nitrogen and oxygen atoms in total. The summed E-state index contributed by atoms with van der Waals surface area (Å²) in [6, 6.07) is 3.56. The van der Waals surface area contributed by atoms with Crippen molar-refractivity contribution in [3.8, 4) is 11.5 Å². The average Bonchev–Trinajstić information content (AvgIpc) is 2.70. The Balaban J connectivity index is 2.47. The van der Waals surface area contributed by atoms with Gasteiger partial charge in [0.25, 0.3) is 0 Å². The molecule has 0 N–H and O–H groups in total. The average molecular weight is 326 g/mol. The van der Waals surface area contributed by atoms with Crippen LogP contribution in [0.15, 0.2) is 27.3 Å². The Morgan fingerprint density at radius 3 is 2.58 bits per heavy atom. The van der Waals surface area contributed by atoms with Crippen LogP contribution < -0.4 is 9.47 Å². The van der Waals surface area contributed by atoms with Crippen LogP contribution >= 0.6 is 15.9 Å². The molecule has 0 saturated carbocycles. The Hall–Kier alpha value is -1.82. The van der Waals surface area contributed by atoms with Gasteiger partial charge in [-0.05, 0) is 39.7 Å². The zero-order chi connectivity index (χ0) is 14.0. The maximum Gasteiger partial charge on any atom is 0.363 e. The number of methoxy groups -OCH3 is 2. The molecule has 1 aromatic rings. The van der Waals surface area contributed by atoms with Gasteiger partial charge in [0.1, 0.15) is 0 Å². The summed E-state index contributed by atoms with van der Waals surface area (Å²) in [6.45, 7) is 1.63. The van der Waals surface area contributed by atoms with E-state index in [-0.39, 0.29) is 5.70 Å². The van der Waals surface area contributed by atoms with Crippen molar-refractivity contribution in [2.24, 2.45) is 4.99 Å². The smallest absolute Gasteiger partial charge is 0.363 e. The summed E-state index contributed by atoms with van der Waals surface area (Å²) < 4.78 is 16.0. The van der Waals surface area contributed by atoms with Gasteiger partial charge in [0.2, 0.25) is 0 Å². The highest BCUT2D eigenvalue weighted by Gasteiger charge is 2.21. The molecule has 1 aliphatic rings. The molecule has 0 amide bonds. The molecular formula is C13H12BrNO4. The van der Waals surface area contributed by atoms with Crippen molar-refractivity contribution >= 4 is 33.9 Å². The Kier molecular flexibility index (Phi) is 3.90. The Bertz CT molecular complexity index is 593. The number of rotatable bonds is 3.